The summed E-state index contributed by atoms with van der Waals surface area (Å²) in [6.07, 6.45) is 0.989. The molecular formula is C13H18N2O3. The minimum absolute atomic E-state index is 0.0112. The molecule has 0 bridgehead atoms. The number of hydrogen-bond acceptors (Lipinski definition) is 4. The highest BCUT2D eigenvalue weighted by Gasteiger charge is 2.19. The Morgan fingerprint density at radius 3 is 2.72 bits per heavy atom. The van der Waals surface area contributed by atoms with Gasteiger partial charge in [-0.1, -0.05) is 12.1 Å². The fourth-order valence-corrected chi connectivity index (χ4v) is 1.77. The number of nitrogens with zero attached hydrogens (tertiary/aromatic N) is 2. The zero-order chi connectivity index (χ0) is 13.7. The van der Waals surface area contributed by atoms with Crippen molar-refractivity contribution in [3.8, 4) is 0 Å². The van der Waals surface area contributed by atoms with Crippen LogP contribution in [-0.2, 0) is 0 Å². The molecule has 0 saturated heterocycles. The molecule has 0 aliphatic heterocycles. The summed E-state index contributed by atoms with van der Waals surface area (Å²) in [5.74, 6) is 0. The van der Waals surface area contributed by atoms with Crippen molar-refractivity contribution >= 4 is 11.4 Å². The van der Waals surface area contributed by atoms with Gasteiger partial charge in [-0.3, -0.25) is 10.1 Å². The minimum atomic E-state index is -0.716. The third-order valence-electron chi connectivity index (χ3n) is 2.75. The monoisotopic (exact) mass is 250 g/mol. The second-order valence-corrected chi connectivity index (χ2v) is 4.01. The topological polar surface area (TPSA) is 66.6 Å². The number of benzene rings is 1. The molecule has 0 fully saturated rings. The average molecular weight is 250 g/mol. The number of nitro benzene ring substituents is 1. The molecule has 0 saturated carbocycles. The molecule has 1 N–H and O–H groups in total. The first-order valence-corrected chi connectivity index (χ1v) is 5.83. The molecule has 1 aromatic carbocycles. The first kappa shape index (κ1) is 14.2. The van der Waals surface area contributed by atoms with Gasteiger partial charge < -0.3 is 10.0 Å². The number of hydrogen-bond donors (Lipinski definition) is 1. The number of rotatable bonds is 6. The molecule has 0 aromatic heterocycles. The molecule has 98 valence electrons. The molecule has 0 spiro atoms. The standard InChI is InChI=1S/C13H18N2O3/c1-4-8-14(5-2)12-7-6-11(10(3)16)9-13(12)15(17)18/h4,6-7,9-10,16H,1,5,8H2,2-3H3. The zero-order valence-corrected chi connectivity index (χ0v) is 10.7. The van der Waals surface area contributed by atoms with Crippen LogP contribution in [0.2, 0.25) is 0 Å². The van der Waals surface area contributed by atoms with Crippen LogP contribution in [0, 0.1) is 10.1 Å². The summed E-state index contributed by atoms with van der Waals surface area (Å²) >= 11 is 0. The molecule has 5 heteroatoms. The molecule has 0 amide bonds. The fourth-order valence-electron chi connectivity index (χ4n) is 1.77. The van der Waals surface area contributed by atoms with E-state index in [1.807, 2.05) is 11.8 Å². The van der Waals surface area contributed by atoms with Crippen LogP contribution in [0.25, 0.3) is 0 Å². The lowest BCUT2D eigenvalue weighted by atomic mass is 10.1. The first-order valence-electron chi connectivity index (χ1n) is 5.83. The molecule has 0 aliphatic rings. The smallest absolute Gasteiger partial charge is 0.292 e. The summed E-state index contributed by atoms with van der Waals surface area (Å²) in [4.78, 5) is 12.5. The van der Waals surface area contributed by atoms with E-state index in [0.717, 1.165) is 0 Å². The fraction of sp³-hybridized carbons (Fsp3) is 0.385. The van der Waals surface area contributed by atoms with Crippen molar-refractivity contribution in [1.29, 1.82) is 0 Å². The Bertz CT molecular complexity index is 444. The maximum Gasteiger partial charge on any atom is 0.292 e. The zero-order valence-electron chi connectivity index (χ0n) is 10.7. The van der Waals surface area contributed by atoms with E-state index in [9.17, 15) is 15.2 Å². The Morgan fingerprint density at radius 2 is 2.28 bits per heavy atom. The van der Waals surface area contributed by atoms with Crippen molar-refractivity contribution in [3.05, 3.63) is 46.5 Å². The Kier molecular flexibility index (Phi) is 4.85. The van der Waals surface area contributed by atoms with Gasteiger partial charge in [0, 0.05) is 19.2 Å². The number of anilines is 1. The third kappa shape index (κ3) is 3.07. The van der Waals surface area contributed by atoms with Crippen molar-refractivity contribution in [2.75, 3.05) is 18.0 Å². The van der Waals surface area contributed by atoms with Gasteiger partial charge >= 0.3 is 0 Å². The first-order chi connectivity index (χ1) is 8.51. The Morgan fingerprint density at radius 1 is 1.61 bits per heavy atom. The van der Waals surface area contributed by atoms with Gasteiger partial charge in [-0.25, -0.2) is 0 Å². The summed E-state index contributed by atoms with van der Waals surface area (Å²) in [5.41, 5.74) is 1.10. The lowest BCUT2D eigenvalue weighted by molar-refractivity contribution is -0.384. The van der Waals surface area contributed by atoms with E-state index in [0.29, 0.717) is 24.3 Å². The Labute approximate surface area is 107 Å². The quantitative estimate of drug-likeness (QED) is 0.479. The average Bonchev–Trinajstić information content (AvgIpc) is 2.35. The van der Waals surface area contributed by atoms with Crippen molar-refractivity contribution in [2.24, 2.45) is 0 Å². The van der Waals surface area contributed by atoms with Crippen LogP contribution in [0.15, 0.2) is 30.9 Å². The van der Waals surface area contributed by atoms with E-state index in [1.165, 1.54) is 6.07 Å². The number of nitro groups is 1. The second-order valence-electron chi connectivity index (χ2n) is 4.01. The number of aliphatic hydroxyl groups excluding tert-OH is 1. The maximum atomic E-state index is 11.1. The van der Waals surface area contributed by atoms with Crippen LogP contribution in [0.1, 0.15) is 25.5 Å². The predicted octanol–water partition coefficient (Wildman–Crippen LogP) is 2.66. The van der Waals surface area contributed by atoms with E-state index < -0.39 is 11.0 Å². The van der Waals surface area contributed by atoms with Gasteiger partial charge in [0.2, 0.25) is 0 Å². The Balaban J connectivity index is 3.25. The van der Waals surface area contributed by atoms with Crippen molar-refractivity contribution < 1.29 is 10.0 Å². The van der Waals surface area contributed by atoms with E-state index >= 15 is 0 Å². The molecule has 0 heterocycles. The number of aliphatic hydroxyl groups is 1. The van der Waals surface area contributed by atoms with Gasteiger partial charge in [-0.2, -0.15) is 0 Å². The van der Waals surface area contributed by atoms with Crippen LogP contribution in [0.3, 0.4) is 0 Å². The van der Waals surface area contributed by atoms with Crippen molar-refractivity contribution in [3.63, 3.8) is 0 Å². The van der Waals surface area contributed by atoms with E-state index in [-0.39, 0.29) is 5.69 Å². The highest BCUT2D eigenvalue weighted by atomic mass is 16.6. The lowest BCUT2D eigenvalue weighted by Crippen LogP contribution is -2.23. The molecule has 1 atom stereocenters. The molecule has 0 aliphatic carbocycles. The van der Waals surface area contributed by atoms with Gasteiger partial charge in [0.1, 0.15) is 5.69 Å². The highest BCUT2D eigenvalue weighted by molar-refractivity contribution is 5.64. The third-order valence-corrected chi connectivity index (χ3v) is 2.75. The summed E-state index contributed by atoms with van der Waals surface area (Å²) in [6.45, 7) is 8.35. The van der Waals surface area contributed by atoms with Gasteiger partial charge in [-0.15, -0.1) is 6.58 Å². The van der Waals surface area contributed by atoms with Gasteiger partial charge in [0.05, 0.1) is 11.0 Å². The van der Waals surface area contributed by atoms with Gasteiger partial charge in [-0.05, 0) is 25.5 Å². The molecule has 1 unspecified atom stereocenters. The van der Waals surface area contributed by atoms with Crippen molar-refractivity contribution in [2.45, 2.75) is 20.0 Å². The summed E-state index contributed by atoms with van der Waals surface area (Å²) in [7, 11) is 0. The van der Waals surface area contributed by atoms with Crippen LogP contribution in [0.4, 0.5) is 11.4 Å². The summed E-state index contributed by atoms with van der Waals surface area (Å²) < 4.78 is 0. The van der Waals surface area contributed by atoms with E-state index in [4.69, 9.17) is 0 Å². The molecule has 5 nitrogen and oxygen atoms in total. The minimum Gasteiger partial charge on any atom is -0.389 e. The SMILES string of the molecule is C=CCN(CC)c1ccc(C(C)O)cc1[N+](=O)[O-]. The molecule has 0 radical (unpaired) electrons. The van der Waals surface area contributed by atoms with Crippen LogP contribution in [0.5, 0.6) is 0 Å². The lowest BCUT2D eigenvalue weighted by Gasteiger charge is -2.21. The number of likely N-dealkylation sites (N-methyl/N-ethyl adjacent to an activating group) is 1. The second kappa shape index (κ2) is 6.16. The molecule has 1 rings (SSSR count). The largest absolute Gasteiger partial charge is 0.389 e. The summed E-state index contributed by atoms with van der Waals surface area (Å²) in [6, 6.07) is 4.80. The van der Waals surface area contributed by atoms with E-state index in [1.54, 1.807) is 25.1 Å². The maximum absolute atomic E-state index is 11.1. The molecule has 18 heavy (non-hydrogen) atoms. The summed E-state index contributed by atoms with van der Waals surface area (Å²) in [5, 5.41) is 20.6. The normalized spacial score (nSPS) is 11.9. The van der Waals surface area contributed by atoms with Crippen molar-refractivity contribution in [1.82, 2.24) is 0 Å². The van der Waals surface area contributed by atoms with Gasteiger partial charge in [0.25, 0.3) is 5.69 Å². The Hall–Kier alpha value is -1.88. The van der Waals surface area contributed by atoms with Crippen LogP contribution < -0.4 is 4.90 Å². The molecular weight excluding hydrogens is 232 g/mol. The van der Waals surface area contributed by atoms with E-state index in [2.05, 4.69) is 6.58 Å². The highest BCUT2D eigenvalue weighted by Crippen LogP contribution is 2.31. The van der Waals surface area contributed by atoms with Crippen LogP contribution >= 0.6 is 0 Å². The van der Waals surface area contributed by atoms with Crippen LogP contribution in [-0.4, -0.2) is 23.1 Å². The predicted molar refractivity (Wildman–Crippen MR) is 71.8 cm³/mol. The van der Waals surface area contributed by atoms with Gasteiger partial charge in [0.15, 0.2) is 0 Å². The molecule has 1 aromatic rings.